The Kier molecular flexibility index (Phi) is 4.77. The molecule has 2 aromatic carbocycles. The van der Waals surface area contributed by atoms with Gasteiger partial charge in [0.25, 0.3) is 0 Å². The molecular formula is C17H14BrNO2. The number of hydrogen-bond donors (Lipinski definition) is 0. The molecule has 0 unspecified atom stereocenters. The largest absolute Gasteiger partial charge is 0.484 e. The quantitative estimate of drug-likeness (QED) is 0.781. The number of carbonyl (C=O) groups is 1. The number of ether oxygens (including phenoxy) is 1. The average Bonchev–Trinajstić information content (AvgIpc) is 2.48. The second-order valence-electron chi connectivity index (χ2n) is 4.76. The number of rotatable bonds is 4. The number of aryl methyl sites for hydroxylation is 2. The first kappa shape index (κ1) is 15.3. The summed E-state index contributed by atoms with van der Waals surface area (Å²) in [6.07, 6.45) is 0. The van der Waals surface area contributed by atoms with Crippen LogP contribution in [0, 0.1) is 25.2 Å². The van der Waals surface area contributed by atoms with E-state index in [1.54, 1.807) is 24.3 Å². The lowest BCUT2D eigenvalue weighted by atomic mass is 10.0. The van der Waals surface area contributed by atoms with Crippen molar-refractivity contribution in [3.05, 3.63) is 63.1 Å². The van der Waals surface area contributed by atoms with Crippen LogP contribution < -0.4 is 4.74 Å². The van der Waals surface area contributed by atoms with E-state index in [-0.39, 0.29) is 12.4 Å². The highest BCUT2D eigenvalue weighted by Crippen LogP contribution is 2.22. The number of ketones is 1. The van der Waals surface area contributed by atoms with Crippen molar-refractivity contribution in [2.45, 2.75) is 13.8 Å². The standard InChI is InChI=1S/C17H14BrNO2/c1-11-3-4-13(7-12(11)2)16(20)10-21-17-6-5-15(18)8-14(17)9-19/h3-8H,10H2,1-2H3. The summed E-state index contributed by atoms with van der Waals surface area (Å²) in [7, 11) is 0. The maximum atomic E-state index is 12.1. The van der Waals surface area contributed by atoms with Gasteiger partial charge in [-0.2, -0.15) is 5.26 Å². The van der Waals surface area contributed by atoms with E-state index in [0.29, 0.717) is 16.9 Å². The SMILES string of the molecule is Cc1ccc(C(=O)COc2ccc(Br)cc2C#N)cc1C. The molecule has 3 nitrogen and oxygen atoms in total. The Morgan fingerprint density at radius 3 is 2.62 bits per heavy atom. The maximum Gasteiger partial charge on any atom is 0.200 e. The lowest BCUT2D eigenvalue weighted by Crippen LogP contribution is -2.12. The summed E-state index contributed by atoms with van der Waals surface area (Å²) in [5, 5.41) is 9.06. The number of hydrogen-bond acceptors (Lipinski definition) is 3. The van der Waals surface area contributed by atoms with Gasteiger partial charge in [-0.1, -0.05) is 28.1 Å². The van der Waals surface area contributed by atoms with Crippen molar-refractivity contribution in [3.8, 4) is 11.8 Å². The van der Waals surface area contributed by atoms with E-state index in [2.05, 4.69) is 22.0 Å². The number of nitriles is 1. The summed E-state index contributed by atoms with van der Waals surface area (Å²) in [6.45, 7) is 3.88. The topological polar surface area (TPSA) is 50.1 Å². The lowest BCUT2D eigenvalue weighted by Gasteiger charge is -2.08. The molecular weight excluding hydrogens is 330 g/mol. The molecule has 0 bridgehead atoms. The minimum Gasteiger partial charge on any atom is -0.484 e. The molecule has 0 saturated heterocycles. The predicted molar refractivity (Wildman–Crippen MR) is 84.6 cm³/mol. The molecule has 0 aliphatic heterocycles. The summed E-state index contributed by atoms with van der Waals surface area (Å²) in [4.78, 5) is 12.1. The van der Waals surface area contributed by atoms with Crippen LogP contribution in [0.4, 0.5) is 0 Å². The zero-order chi connectivity index (χ0) is 15.4. The molecule has 0 atom stereocenters. The fourth-order valence-electron chi connectivity index (χ4n) is 1.86. The van der Waals surface area contributed by atoms with Gasteiger partial charge in [0.2, 0.25) is 0 Å². The van der Waals surface area contributed by atoms with Crippen molar-refractivity contribution >= 4 is 21.7 Å². The van der Waals surface area contributed by atoms with Crippen LogP contribution in [-0.2, 0) is 0 Å². The Morgan fingerprint density at radius 1 is 1.19 bits per heavy atom. The van der Waals surface area contributed by atoms with E-state index in [0.717, 1.165) is 15.6 Å². The van der Waals surface area contributed by atoms with Gasteiger partial charge < -0.3 is 4.74 Å². The van der Waals surface area contributed by atoms with Gasteiger partial charge in [0.05, 0.1) is 5.56 Å². The van der Waals surface area contributed by atoms with Crippen molar-refractivity contribution in [2.75, 3.05) is 6.61 Å². The van der Waals surface area contributed by atoms with Crippen LogP contribution in [0.25, 0.3) is 0 Å². The normalized spacial score (nSPS) is 10.0. The Balaban J connectivity index is 2.11. The molecule has 0 aliphatic rings. The highest BCUT2D eigenvalue weighted by molar-refractivity contribution is 9.10. The van der Waals surface area contributed by atoms with E-state index in [4.69, 9.17) is 10.00 Å². The molecule has 2 aromatic rings. The molecule has 21 heavy (non-hydrogen) atoms. The minimum atomic E-state index is -0.107. The Hall–Kier alpha value is -2.12. The smallest absolute Gasteiger partial charge is 0.200 e. The van der Waals surface area contributed by atoms with E-state index in [9.17, 15) is 4.79 Å². The van der Waals surface area contributed by atoms with E-state index in [1.807, 2.05) is 26.0 Å². The number of benzene rings is 2. The van der Waals surface area contributed by atoms with Gasteiger partial charge in [0.1, 0.15) is 11.8 Å². The molecule has 106 valence electrons. The molecule has 0 heterocycles. The van der Waals surface area contributed by atoms with Crippen molar-refractivity contribution in [3.63, 3.8) is 0 Å². The summed E-state index contributed by atoms with van der Waals surface area (Å²) in [6, 6.07) is 12.7. The highest BCUT2D eigenvalue weighted by Gasteiger charge is 2.10. The van der Waals surface area contributed by atoms with Crippen molar-refractivity contribution in [1.82, 2.24) is 0 Å². The Labute approximate surface area is 132 Å². The lowest BCUT2D eigenvalue weighted by molar-refractivity contribution is 0.0921. The summed E-state index contributed by atoms with van der Waals surface area (Å²) in [5.41, 5.74) is 3.24. The maximum absolute atomic E-state index is 12.1. The van der Waals surface area contributed by atoms with Crippen LogP contribution in [0.3, 0.4) is 0 Å². The van der Waals surface area contributed by atoms with Gasteiger partial charge >= 0.3 is 0 Å². The highest BCUT2D eigenvalue weighted by atomic mass is 79.9. The second-order valence-corrected chi connectivity index (χ2v) is 5.68. The zero-order valence-electron chi connectivity index (χ0n) is 11.8. The molecule has 0 amide bonds. The minimum absolute atomic E-state index is 0.0845. The molecule has 0 fully saturated rings. The van der Waals surface area contributed by atoms with Crippen LogP contribution in [0.15, 0.2) is 40.9 Å². The van der Waals surface area contributed by atoms with Crippen LogP contribution in [0.1, 0.15) is 27.0 Å². The third-order valence-corrected chi connectivity index (χ3v) is 3.74. The third-order valence-electron chi connectivity index (χ3n) is 3.25. The Bertz CT molecular complexity index is 732. The molecule has 0 aliphatic carbocycles. The van der Waals surface area contributed by atoms with Crippen LogP contribution in [0.2, 0.25) is 0 Å². The monoisotopic (exact) mass is 343 g/mol. The van der Waals surface area contributed by atoms with Crippen LogP contribution in [0.5, 0.6) is 5.75 Å². The van der Waals surface area contributed by atoms with Crippen molar-refractivity contribution in [2.24, 2.45) is 0 Å². The van der Waals surface area contributed by atoms with Crippen LogP contribution in [-0.4, -0.2) is 12.4 Å². The fraction of sp³-hybridized carbons (Fsp3) is 0.176. The zero-order valence-corrected chi connectivity index (χ0v) is 13.4. The van der Waals surface area contributed by atoms with Gasteiger partial charge in [-0.3, -0.25) is 4.79 Å². The van der Waals surface area contributed by atoms with Crippen LogP contribution >= 0.6 is 15.9 Å². The van der Waals surface area contributed by atoms with Crippen molar-refractivity contribution in [1.29, 1.82) is 5.26 Å². The summed E-state index contributed by atoms with van der Waals surface area (Å²) in [5.74, 6) is 0.308. The number of carbonyl (C=O) groups excluding carboxylic acids is 1. The summed E-state index contributed by atoms with van der Waals surface area (Å²) >= 11 is 3.29. The predicted octanol–water partition coefficient (Wildman–Crippen LogP) is 4.20. The molecule has 0 aromatic heterocycles. The first-order chi connectivity index (χ1) is 10.0. The summed E-state index contributed by atoms with van der Waals surface area (Å²) < 4.78 is 6.27. The van der Waals surface area contributed by atoms with Gasteiger partial charge in [-0.25, -0.2) is 0 Å². The van der Waals surface area contributed by atoms with Crippen molar-refractivity contribution < 1.29 is 9.53 Å². The molecule has 0 spiro atoms. The fourth-order valence-corrected chi connectivity index (χ4v) is 2.22. The molecule has 2 rings (SSSR count). The molecule has 4 heteroatoms. The molecule has 0 radical (unpaired) electrons. The second kappa shape index (κ2) is 6.55. The number of halogens is 1. The van der Waals surface area contributed by atoms with E-state index in [1.165, 1.54) is 0 Å². The first-order valence-electron chi connectivity index (χ1n) is 6.44. The van der Waals surface area contributed by atoms with Gasteiger partial charge in [-0.15, -0.1) is 0 Å². The van der Waals surface area contributed by atoms with E-state index >= 15 is 0 Å². The Morgan fingerprint density at radius 2 is 1.95 bits per heavy atom. The van der Waals surface area contributed by atoms with Gasteiger partial charge in [-0.05, 0) is 49.2 Å². The third kappa shape index (κ3) is 3.71. The van der Waals surface area contributed by atoms with Gasteiger partial charge in [0, 0.05) is 10.0 Å². The average molecular weight is 344 g/mol. The number of Topliss-reactive ketones (excluding diaryl/α,β-unsaturated/α-hetero) is 1. The van der Waals surface area contributed by atoms with Gasteiger partial charge in [0.15, 0.2) is 12.4 Å². The molecule has 0 N–H and O–H groups in total. The van der Waals surface area contributed by atoms with E-state index < -0.39 is 0 Å². The molecule has 0 saturated carbocycles. The first-order valence-corrected chi connectivity index (χ1v) is 7.23. The number of nitrogens with zero attached hydrogens (tertiary/aromatic N) is 1.